The van der Waals surface area contributed by atoms with E-state index in [0.29, 0.717) is 67.7 Å². The maximum absolute atomic E-state index is 13.0. The number of anilines is 3. The van der Waals surface area contributed by atoms with E-state index in [4.69, 9.17) is 25.3 Å². The zero-order chi connectivity index (χ0) is 26.3. The van der Waals surface area contributed by atoms with Crippen LogP contribution in [0.4, 0.5) is 17.5 Å². The first-order valence-electron chi connectivity index (χ1n) is 12.2. The summed E-state index contributed by atoms with van der Waals surface area (Å²) in [6.45, 7) is 7.18. The molecule has 0 radical (unpaired) electrons. The lowest BCUT2D eigenvalue weighted by molar-refractivity contribution is 0.0958. The fourth-order valence-electron chi connectivity index (χ4n) is 3.93. The topological polar surface area (TPSA) is 140 Å². The number of nitrogens with one attached hydrogen (secondary N) is 2. The monoisotopic (exact) mass is 532 g/mol. The highest BCUT2D eigenvalue weighted by molar-refractivity contribution is 7.21. The molecule has 4 N–H and O–H groups in total. The molecule has 3 aromatic heterocycles. The van der Waals surface area contributed by atoms with Gasteiger partial charge in [0.2, 0.25) is 5.95 Å². The molecule has 1 aromatic carbocycles. The zero-order valence-electron chi connectivity index (χ0n) is 20.7. The van der Waals surface area contributed by atoms with E-state index in [0.717, 1.165) is 21.8 Å². The quantitative estimate of drug-likeness (QED) is 0.159. The van der Waals surface area contributed by atoms with E-state index < -0.39 is 0 Å². The second-order valence-corrected chi connectivity index (χ2v) is 9.58. The van der Waals surface area contributed by atoms with Gasteiger partial charge in [0.25, 0.3) is 5.91 Å². The van der Waals surface area contributed by atoms with Crippen LogP contribution in [0.25, 0.3) is 21.6 Å². The number of nitrogen functional groups attached to an aromatic ring is 1. The number of ether oxygens (including phenoxy) is 1. The highest BCUT2D eigenvalue weighted by Crippen LogP contribution is 2.34. The van der Waals surface area contributed by atoms with Crippen molar-refractivity contribution in [2.45, 2.75) is 6.42 Å². The molecule has 1 saturated heterocycles. The van der Waals surface area contributed by atoms with Crippen LogP contribution in [0.5, 0.6) is 0 Å². The van der Waals surface area contributed by atoms with Gasteiger partial charge in [0.15, 0.2) is 11.6 Å². The summed E-state index contributed by atoms with van der Waals surface area (Å²) in [5, 5.41) is 3.02. The van der Waals surface area contributed by atoms with Crippen LogP contribution >= 0.6 is 11.3 Å². The minimum Gasteiger partial charge on any atom is -0.378 e. The first-order valence-corrected chi connectivity index (χ1v) is 13.0. The molecule has 0 unspecified atom stereocenters. The number of fused-ring (bicyclic) bond motifs is 1. The summed E-state index contributed by atoms with van der Waals surface area (Å²) >= 11 is 1.39. The molecule has 0 bridgehead atoms. The van der Waals surface area contributed by atoms with Crippen molar-refractivity contribution in [2.75, 3.05) is 55.6 Å². The van der Waals surface area contributed by atoms with Crippen molar-refractivity contribution >= 4 is 44.9 Å². The fraction of sp³-hybridized carbons (Fsp3) is 0.269. The van der Waals surface area contributed by atoms with E-state index in [1.807, 2.05) is 30.3 Å². The van der Waals surface area contributed by atoms with Crippen LogP contribution in [0.15, 0.2) is 55.4 Å². The van der Waals surface area contributed by atoms with Crippen molar-refractivity contribution in [2.24, 2.45) is 0 Å². The molecule has 5 rings (SSSR count). The van der Waals surface area contributed by atoms with Gasteiger partial charge in [-0.25, -0.2) is 19.9 Å². The third-order valence-electron chi connectivity index (χ3n) is 5.86. The largest absolute Gasteiger partial charge is 0.378 e. The summed E-state index contributed by atoms with van der Waals surface area (Å²) in [7, 11) is 0. The van der Waals surface area contributed by atoms with Crippen molar-refractivity contribution in [1.29, 1.82) is 0 Å². The second-order valence-electron chi connectivity index (χ2n) is 8.53. The molecule has 11 nitrogen and oxygen atoms in total. The van der Waals surface area contributed by atoms with E-state index in [2.05, 4.69) is 32.2 Å². The Kier molecular flexibility index (Phi) is 8.02. The Bertz CT molecular complexity index is 1400. The average molecular weight is 533 g/mol. The summed E-state index contributed by atoms with van der Waals surface area (Å²) in [5.74, 6) is 1.30. The molecule has 38 heavy (non-hydrogen) atoms. The molecule has 0 saturated carbocycles. The highest BCUT2D eigenvalue weighted by atomic mass is 32.1. The van der Waals surface area contributed by atoms with Gasteiger partial charge in [-0.05, 0) is 30.2 Å². The number of rotatable bonds is 10. The van der Waals surface area contributed by atoms with Gasteiger partial charge < -0.3 is 20.7 Å². The zero-order valence-corrected chi connectivity index (χ0v) is 21.5. The molecule has 4 aromatic rings. The Morgan fingerprint density at radius 2 is 1.95 bits per heavy atom. The number of aromatic nitrogens is 4. The fourth-order valence-corrected chi connectivity index (χ4v) is 4.96. The van der Waals surface area contributed by atoms with E-state index in [-0.39, 0.29) is 11.9 Å². The first kappa shape index (κ1) is 25.5. The number of carbonyl (C=O) groups is 1. The molecule has 0 spiro atoms. The number of amides is 1. The first-order chi connectivity index (χ1) is 18.6. The molecule has 1 aliphatic heterocycles. The summed E-state index contributed by atoms with van der Waals surface area (Å²) < 4.78 is 6.38. The number of nitrogens with zero attached hydrogens (tertiary/aromatic N) is 5. The molecule has 0 aliphatic carbocycles. The van der Waals surface area contributed by atoms with E-state index in [1.165, 1.54) is 11.3 Å². The third kappa shape index (κ3) is 6.05. The average Bonchev–Trinajstić information content (AvgIpc) is 3.39. The Labute approximate surface area is 223 Å². The van der Waals surface area contributed by atoms with Gasteiger partial charge in [-0.2, -0.15) is 0 Å². The molecular weight excluding hydrogens is 504 g/mol. The van der Waals surface area contributed by atoms with Gasteiger partial charge in [0, 0.05) is 32.0 Å². The Balaban J connectivity index is 1.31. The van der Waals surface area contributed by atoms with Gasteiger partial charge in [0.05, 0.1) is 46.2 Å². The minimum absolute atomic E-state index is 0.144. The number of nitrogens with two attached hydrogens (primary N) is 1. The smallest absolute Gasteiger partial charge is 0.261 e. The molecular formula is C26H28N8O3S. The third-order valence-corrected chi connectivity index (χ3v) is 6.98. The molecule has 1 fully saturated rings. The molecule has 0 atom stereocenters. The normalized spacial score (nSPS) is 13.4. The van der Waals surface area contributed by atoms with Crippen molar-refractivity contribution in [1.82, 2.24) is 25.3 Å². The Hall–Kier alpha value is -4.13. The number of morpholine rings is 1. The Morgan fingerprint density at radius 1 is 1.18 bits per heavy atom. The number of thiophene rings is 1. The van der Waals surface area contributed by atoms with Crippen molar-refractivity contribution < 1.29 is 14.4 Å². The lowest BCUT2D eigenvalue weighted by atomic mass is 10.1. The van der Waals surface area contributed by atoms with Gasteiger partial charge >= 0.3 is 0 Å². The van der Waals surface area contributed by atoms with Gasteiger partial charge in [0.1, 0.15) is 0 Å². The highest BCUT2D eigenvalue weighted by Gasteiger charge is 2.22. The standard InChI is InChI=1S/C26H28N8O3S/c1-2-11-37-33-19-5-3-17(4-6-19)7-8-28-25(35)21-14-20-22(38-21)24(34-9-12-36-13-10-34)32-23(31-20)18-15-29-26(27)30-16-18/h2-6,14-16,33H,1,7-13H2,(H,28,35)(H2,27,29,30). The van der Waals surface area contributed by atoms with Crippen LogP contribution in [0.3, 0.4) is 0 Å². The van der Waals surface area contributed by atoms with E-state index >= 15 is 0 Å². The van der Waals surface area contributed by atoms with Crippen molar-refractivity contribution in [3.05, 3.63) is 65.8 Å². The SMILES string of the molecule is C=CCONc1ccc(CCNC(=O)c2cc3nc(-c4cnc(N)nc4)nc(N4CCOCC4)c3s2)cc1. The maximum Gasteiger partial charge on any atom is 0.261 e. The van der Waals surface area contributed by atoms with E-state index in [9.17, 15) is 4.79 Å². The molecule has 1 aliphatic rings. The van der Waals surface area contributed by atoms with Crippen LogP contribution in [0.2, 0.25) is 0 Å². The van der Waals surface area contributed by atoms with Crippen molar-refractivity contribution in [3.8, 4) is 11.4 Å². The minimum atomic E-state index is -0.144. The summed E-state index contributed by atoms with van der Waals surface area (Å²) in [6, 6.07) is 9.67. The summed E-state index contributed by atoms with van der Waals surface area (Å²) in [6.07, 6.45) is 5.57. The predicted octanol–water partition coefficient (Wildman–Crippen LogP) is 3.07. The maximum atomic E-state index is 13.0. The molecule has 12 heteroatoms. The van der Waals surface area contributed by atoms with E-state index in [1.54, 1.807) is 18.5 Å². The molecule has 1 amide bonds. The lowest BCUT2D eigenvalue weighted by Crippen LogP contribution is -2.36. The summed E-state index contributed by atoms with van der Waals surface area (Å²) in [4.78, 5) is 38.7. The number of hydrogen-bond acceptors (Lipinski definition) is 11. The van der Waals surface area contributed by atoms with Crippen LogP contribution < -0.4 is 21.4 Å². The van der Waals surface area contributed by atoms with Gasteiger partial charge in [-0.15, -0.1) is 17.9 Å². The second kappa shape index (κ2) is 11.9. The number of hydrogen-bond donors (Lipinski definition) is 3. The number of carbonyl (C=O) groups excluding carboxylic acids is 1. The van der Waals surface area contributed by atoms with Crippen molar-refractivity contribution in [3.63, 3.8) is 0 Å². The lowest BCUT2D eigenvalue weighted by Gasteiger charge is -2.28. The molecule has 196 valence electrons. The summed E-state index contributed by atoms with van der Waals surface area (Å²) in [5.41, 5.74) is 11.8. The van der Waals surface area contributed by atoms with Crippen LogP contribution in [0, 0.1) is 0 Å². The number of benzene rings is 1. The van der Waals surface area contributed by atoms with Gasteiger partial charge in [-0.3, -0.25) is 15.1 Å². The molecule has 4 heterocycles. The van der Waals surface area contributed by atoms with Gasteiger partial charge in [-0.1, -0.05) is 18.2 Å². The predicted molar refractivity (Wildman–Crippen MR) is 148 cm³/mol. The van der Waals surface area contributed by atoms with Crippen LogP contribution in [-0.2, 0) is 16.0 Å². The van der Waals surface area contributed by atoms with Crippen LogP contribution in [0.1, 0.15) is 15.2 Å². The van der Waals surface area contributed by atoms with Crippen LogP contribution in [-0.4, -0.2) is 65.3 Å². The Morgan fingerprint density at radius 3 is 2.68 bits per heavy atom.